The quantitative estimate of drug-likeness (QED) is 0.664. The predicted octanol–water partition coefficient (Wildman–Crippen LogP) is 2.62. The van der Waals surface area contributed by atoms with Crippen molar-refractivity contribution in [1.29, 1.82) is 0 Å². The zero-order valence-electron chi connectivity index (χ0n) is 10.1. The molecule has 0 amide bonds. The van der Waals surface area contributed by atoms with Gasteiger partial charge in [-0.2, -0.15) is 0 Å². The zero-order chi connectivity index (χ0) is 11.2. The third-order valence-corrected chi connectivity index (χ3v) is 5.59. The van der Waals surface area contributed by atoms with Gasteiger partial charge in [0.05, 0.1) is 11.2 Å². The second kappa shape index (κ2) is 3.71. The Morgan fingerprint density at radius 2 is 1.12 bits per heavy atom. The minimum atomic E-state index is -0.433. The molecule has 3 aliphatic rings. The van der Waals surface area contributed by atoms with Gasteiger partial charge in [-0.05, 0) is 56.8 Å². The summed E-state index contributed by atoms with van der Waals surface area (Å²) < 4.78 is 0. The van der Waals surface area contributed by atoms with Crippen LogP contribution in [-0.2, 0) is 0 Å². The van der Waals surface area contributed by atoms with E-state index in [9.17, 15) is 10.2 Å². The summed E-state index contributed by atoms with van der Waals surface area (Å²) in [6.45, 7) is 0. The molecule has 3 rings (SSSR count). The van der Waals surface area contributed by atoms with Gasteiger partial charge in [-0.1, -0.05) is 19.3 Å². The lowest BCUT2D eigenvalue weighted by atomic mass is 9.66. The first-order valence-corrected chi connectivity index (χ1v) is 7.09. The van der Waals surface area contributed by atoms with Crippen LogP contribution in [0.4, 0.5) is 0 Å². The average Bonchev–Trinajstić information content (AvgIpc) is 2.56. The highest BCUT2D eigenvalue weighted by molar-refractivity contribution is 5.05. The summed E-state index contributed by atoms with van der Waals surface area (Å²) in [6.07, 6.45) is 10.7. The van der Waals surface area contributed by atoms with Gasteiger partial charge in [0, 0.05) is 0 Å². The minimum absolute atomic E-state index is 0.385. The molecule has 16 heavy (non-hydrogen) atoms. The third kappa shape index (κ3) is 1.53. The molecule has 2 nitrogen and oxygen atoms in total. The Kier molecular flexibility index (Phi) is 2.56. The van der Waals surface area contributed by atoms with E-state index in [0.29, 0.717) is 11.8 Å². The van der Waals surface area contributed by atoms with E-state index in [1.807, 2.05) is 0 Å². The fourth-order valence-electron chi connectivity index (χ4n) is 4.80. The molecule has 0 radical (unpaired) electrons. The summed E-state index contributed by atoms with van der Waals surface area (Å²) in [6, 6.07) is 0. The highest BCUT2D eigenvalue weighted by Gasteiger charge is 2.53. The maximum atomic E-state index is 10.8. The van der Waals surface area contributed by atoms with Gasteiger partial charge >= 0.3 is 0 Å². The van der Waals surface area contributed by atoms with Crippen molar-refractivity contribution in [3.8, 4) is 0 Å². The van der Waals surface area contributed by atoms with Crippen LogP contribution in [0, 0.1) is 11.8 Å². The molecule has 0 aromatic rings. The van der Waals surface area contributed by atoms with Crippen LogP contribution in [0.3, 0.4) is 0 Å². The Labute approximate surface area is 98.1 Å². The maximum absolute atomic E-state index is 10.8. The molecule has 0 bridgehead atoms. The zero-order valence-corrected chi connectivity index (χ0v) is 10.1. The molecule has 3 fully saturated rings. The first-order valence-electron chi connectivity index (χ1n) is 7.09. The van der Waals surface area contributed by atoms with Gasteiger partial charge in [0.2, 0.25) is 0 Å². The fourth-order valence-corrected chi connectivity index (χ4v) is 4.80. The van der Waals surface area contributed by atoms with Gasteiger partial charge in [0.1, 0.15) is 0 Å². The summed E-state index contributed by atoms with van der Waals surface area (Å²) in [5, 5.41) is 21.6. The van der Waals surface area contributed by atoms with Crippen molar-refractivity contribution in [3.63, 3.8) is 0 Å². The van der Waals surface area contributed by atoms with Crippen molar-refractivity contribution < 1.29 is 10.2 Å². The van der Waals surface area contributed by atoms with E-state index < -0.39 is 11.2 Å². The summed E-state index contributed by atoms with van der Waals surface area (Å²) in [7, 11) is 0. The van der Waals surface area contributed by atoms with E-state index in [-0.39, 0.29) is 0 Å². The Bertz CT molecular complexity index is 278. The van der Waals surface area contributed by atoms with Crippen molar-refractivity contribution in [1.82, 2.24) is 0 Å². The third-order valence-electron chi connectivity index (χ3n) is 5.59. The molecule has 2 N–H and O–H groups in total. The van der Waals surface area contributed by atoms with Crippen LogP contribution < -0.4 is 0 Å². The molecule has 0 aromatic carbocycles. The Balaban J connectivity index is 1.92. The average molecular weight is 224 g/mol. The predicted molar refractivity (Wildman–Crippen MR) is 63.0 cm³/mol. The standard InChI is InChI=1S/C14H24O2/c15-13-7-2-1-5-11(13)12-6-3-8-14(12,16)10-4-9-13/h11-12,15-16H,1-10H2/t11-,12-,13+,14-/m1/s1. The van der Waals surface area contributed by atoms with E-state index in [0.717, 1.165) is 51.4 Å². The van der Waals surface area contributed by atoms with Gasteiger partial charge in [-0.25, -0.2) is 0 Å². The van der Waals surface area contributed by atoms with Crippen LogP contribution >= 0.6 is 0 Å². The van der Waals surface area contributed by atoms with Crippen LogP contribution in [0.1, 0.15) is 64.2 Å². The van der Waals surface area contributed by atoms with Crippen molar-refractivity contribution in [2.24, 2.45) is 11.8 Å². The van der Waals surface area contributed by atoms with Crippen molar-refractivity contribution in [2.75, 3.05) is 0 Å². The summed E-state index contributed by atoms with van der Waals surface area (Å²) >= 11 is 0. The lowest BCUT2D eigenvalue weighted by molar-refractivity contribution is -0.103. The number of hydrogen-bond donors (Lipinski definition) is 2. The first kappa shape index (κ1) is 11.0. The second-order valence-electron chi connectivity index (χ2n) is 6.41. The highest BCUT2D eigenvalue weighted by atomic mass is 16.3. The number of fused-ring (bicyclic) bond motifs is 3. The summed E-state index contributed by atoms with van der Waals surface area (Å²) in [5.41, 5.74) is -0.857. The molecule has 4 atom stereocenters. The Morgan fingerprint density at radius 1 is 0.625 bits per heavy atom. The van der Waals surface area contributed by atoms with Gasteiger partial charge in [-0.3, -0.25) is 0 Å². The molecule has 0 spiro atoms. The second-order valence-corrected chi connectivity index (χ2v) is 6.41. The maximum Gasteiger partial charge on any atom is 0.0679 e. The molecule has 3 aliphatic carbocycles. The van der Waals surface area contributed by atoms with Gasteiger partial charge in [0.25, 0.3) is 0 Å². The lowest BCUT2D eigenvalue weighted by Crippen LogP contribution is -2.47. The lowest BCUT2D eigenvalue weighted by Gasteiger charge is -2.44. The molecule has 0 heterocycles. The number of rotatable bonds is 0. The van der Waals surface area contributed by atoms with E-state index in [2.05, 4.69) is 0 Å². The molecule has 2 heteroatoms. The van der Waals surface area contributed by atoms with Crippen molar-refractivity contribution >= 4 is 0 Å². The monoisotopic (exact) mass is 224 g/mol. The van der Waals surface area contributed by atoms with Crippen molar-refractivity contribution in [3.05, 3.63) is 0 Å². The van der Waals surface area contributed by atoms with E-state index >= 15 is 0 Å². The fraction of sp³-hybridized carbons (Fsp3) is 1.00. The SMILES string of the molecule is O[C@@]12CCC[C@@H]1[C@H]1CCCC[C@]1(O)CCC2. The smallest absolute Gasteiger partial charge is 0.0679 e. The molecule has 0 aliphatic heterocycles. The molecular formula is C14H24O2. The molecule has 0 unspecified atom stereocenters. The van der Waals surface area contributed by atoms with E-state index in [1.54, 1.807) is 0 Å². The molecule has 0 saturated heterocycles. The number of hydrogen-bond acceptors (Lipinski definition) is 2. The van der Waals surface area contributed by atoms with Crippen LogP contribution in [0.25, 0.3) is 0 Å². The first-order chi connectivity index (χ1) is 7.64. The van der Waals surface area contributed by atoms with Crippen LogP contribution in [0.5, 0.6) is 0 Å². The largest absolute Gasteiger partial charge is 0.390 e. The van der Waals surface area contributed by atoms with Crippen LogP contribution in [0.2, 0.25) is 0 Å². The van der Waals surface area contributed by atoms with E-state index in [1.165, 1.54) is 12.8 Å². The molecule has 92 valence electrons. The summed E-state index contributed by atoms with van der Waals surface area (Å²) in [5.74, 6) is 0.775. The van der Waals surface area contributed by atoms with Crippen molar-refractivity contribution in [2.45, 2.75) is 75.4 Å². The van der Waals surface area contributed by atoms with Gasteiger partial charge in [-0.15, -0.1) is 0 Å². The number of aliphatic hydroxyl groups is 2. The highest BCUT2D eigenvalue weighted by Crippen LogP contribution is 2.54. The Hall–Kier alpha value is -0.0800. The molecule has 3 saturated carbocycles. The molecule has 0 aromatic heterocycles. The van der Waals surface area contributed by atoms with Crippen LogP contribution in [-0.4, -0.2) is 21.4 Å². The normalized spacial score (nSPS) is 52.9. The van der Waals surface area contributed by atoms with Gasteiger partial charge in [0.15, 0.2) is 0 Å². The minimum Gasteiger partial charge on any atom is -0.390 e. The Morgan fingerprint density at radius 3 is 1.81 bits per heavy atom. The topological polar surface area (TPSA) is 40.5 Å². The molecular weight excluding hydrogens is 200 g/mol. The van der Waals surface area contributed by atoms with E-state index in [4.69, 9.17) is 0 Å². The van der Waals surface area contributed by atoms with Crippen LogP contribution in [0.15, 0.2) is 0 Å². The summed E-state index contributed by atoms with van der Waals surface area (Å²) in [4.78, 5) is 0. The van der Waals surface area contributed by atoms with Gasteiger partial charge < -0.3 is 10.2 Å².